The summed E-state index contributed by atoms with van der Waals surface area (Å²) < 4.78 is 1.44. The summed E-state index contributed by atoms with van der Waals surface area (Å²) in [7, 11) is 2.09. The lowest BCUT2D eigenvalue weighted by Crippen LogP contribution is -2.32. The molecule has 1 heterocycles. The quantitative estimate of drug-likeness (QED) is 0.764. The molecular weight excluding hydrogens is 204 g/mol. The molecule has 90 valence electrons. The predicted molar refractivity (Wildman–Crippen MR) is 63.4 cm³/mol. The van der Waals surface area contributed by atoms with E-state index in [1.54, 1.807) is 12.4 Å². The number of amides is 1. The predicted octanol–water partition coefficient (Wildman–Crippen LogP) is 1.17. The third-order valence-electron chi connectivity index (χ3n) is 2.58. The van der Waals surface area contributed by atoms with Crippen LogP contribution in [0.2, 0.25) is 0 Å². The van der Waals surface area contributed by atoms with Crippen molar-refractivity contribution in [3.8, 4) is 0 Å². The molecule has 0 saturated carbocycles. The van der Waals surface area contributed by atoms with Crippen molar-refractivity contribution in [1.82, 2.24) is 19.8 Å². The van der Waals surface area contributed by atoms with Crippen molar-refractivity contribution in [2.24, 2.45) is 0 Å². The van der Waals surface area contributed by atoms with Gasteiger partial charge in [0.15, 0.2) is 0 Å². The number of carbonyl (C=O) groups excluding carboxylic acids is 1. The first-order chi connectivity index (χ1) is 7.61. The molecule has 1 aromatic heterocycles. The average molecular weight is 224 g/mol. The summed E-state index contributed by atoms with van der Waals surface area (Å²) in [5.74, 6) is 0. The molecule has 0 aromatic carbocycles. The molecule has 0 aliphatic carbocycles. The van der Waals surface area contributed by atoms with Crippen molar-refractivity contribution >= 4 is 6.03 Å². The standard InChI is InChI=1S/C11H20N4O/c1-10(2)14(3)7-4-5-13-11(16)15-8-6-12-9-15/h6,8-10H,4-5,7H2,1-3H3,(H,13,16). The number of rotatable bonds is 5. The van der Waals surface area contributed by atoms with Gasteiger partial charge < -0.3 is 10.2 Å². The zero-order valence-corrected chi connectivity index (χ0v) is 10.2. The molecule has 0 aliphatic rings. The first kappa shape index (κ1) is 12.7. The van der Waals surface area contributed by atoms with Gasteiger partial charge in [-0.3, -0.25) is 4.57 Å². The Balaban J connectivity index is 2.14. The van der Waals surface area contributed by atoms with Crippen molar-refractivity contribution < 1.29 is 4.79 Å². The molecule has 5 heteroatoms. The molecule has 1 amide bonds. The Hall–Kier alpha value is -1.36. The van der Waals surface area contributed by atoms with Gasteiger partial charge in [0.05, 0.1) is 0 Å². The van der Waals surface area contributed by atoms with Gasteiger partial charge in [-0.25, -0.2) is 9.78 Å². The Morgan fingerprint density at radius 1 is 1.56 bits per heavy atom. The third kappa shape index (κ3) is 4.02. The largest absolute Gasteiger partial charge is 0.337 e. The zero-order chi connectivity index (χ0) is 12.0. The fraction of sp³-hybridized carbons (Fsp3) is 0.636. The number of carbonyl (C=O) groups is 1. The van der Waals surface area contributed by atoms with Crippen LogP contribution in [0.3, 0.4) is 0 Å². The molecule has 0 bridgehead atoms. The maximum absolute atomic E-state index is 11.5. The normalized spacial score (nSPS) is 11.1. The molecular formula is C11H20N4O. The summed E-state index contributed by atoms with van der Waals surface area (Å²) in [6.45, 7) is 5.99. The lowest BCUT2D eigenvalue weighted by Gasteiger charge is -2.20. The van der Waals surface area contributed by atoms with Gasteiger partial charge in [0.25, 0.3) is 0 Å². The van der Waals surface area contributed by atoms with E-state index in [9.17, 15) is 4.79 Å². The summed E-state index contributed by atoms with van der Waals surface area (Å²) >= 11 is 0. The molecule has 0 spiro atoms. The second-order valence-corrected chi connectivity index (χ2v) is 4.13. The fourth-order valence-corrected chi connectivity index (χ4v) is 1.25. The second kappa shape index (κ2) is 6.27. The highest BCUT2D eigenvalue weighted by molar-refractivity contribution is 5.76. The van der Waals surface area contributed by atoms with Gasteiger partial charge in [0.1, 0.15) is 6.33 Å². The van der Waals surface area contributed by atoms with Gasteiger partial charge in [-0.05, 0) is 33.9 Å². The van der Waals surface area contributed by atoms with Crippen molar-refractivity contribution in [3.63, 3.8) is 0 Å². The van der Waals surface area contributed by atoms with E-state index in [0.29, 0.717) is 12.6 Å². The summed E-state index contributed by atoms with van der Waals surface area (Å²) in [5, 5.41) is 2.84. The Morgan fingerprint density at radius 3 is 2.88 bits per heavy atom. The van der Waals surface area contributed by atoms with Gasteiger partial charge in [-0.1, -0.05) is 0 Å². The van der Waals surface area contributed by atoms with Gasteiger partial charge in [0, 0.05) is 25.0 Å². The van der Waals surface area contributed by atoms with Crippen molar-refractivity contribution in [2.75, 3.05) is 20.1 Å². The monoisotopic (exact) mass is 224 g/mol. The minimum atomic E-state index is -0.121. The number of nitrogens with zero attached hydrogens (tertiary/aromatic N) is 3. The maximum atomic E-state index is 11.5. The highest BCUT2D eigenvalue weighted by Crippen LogP contribution is 1.94. The minimum Gasteiger partial charge on any atom is -0.337 e. The van der Waals surface area contributed by atoms with Crippen molar-refractivity contribution in [3.05, 3.63) is 18.7 Å². The van der Waals surface area contributed by atoms with Crippen LogP contribution in [-0.2, 0) is 0 Å². The molecule has 1 aromatic rings. The summed E-state index contributed by atoms with van der Waals surface area (Å²) in [6.07, 6.45) is 5.67. The molecule has 0 radical (unpaired) electrons. The summed E-state index contributed by atoms with van der Waals surface area (Å²) in [5.41, 5.74) is 0. The van der Waals surface area contributed by atoms with E-state index < -0.39 is 0 Å². The minimum absolute atomic E-state index is 0.121. The van der Waals surface area contributed by atoms with Crippen molar-refractivity contribution in [2.45, 2.75) is 26.3 Å². The Bertz CT molecular complexity index is 308. The highest BCUT2D eigenvalue weighted by atomic mass is 16.2. The van der Waals surface area contributed by atoms with E-state index in [0.717, 1.165) is 13.0 Å². The van der Waals surface area contributed by atoms with Crippen LogP contribution < -0.4 is 5.32 Å². The van der Waals surface area contributed by atoms with E-state index in [1.807, 2.05) is 0 Å². The van der Waals surface area contributed by atoms with Crippen molar-refractivity contribution in [1.29, 1.82) is 0 Å². The zero-order valence-electron chi connectivity index (χ0n) is 10.2. The van der Waals surface area contributed by atoms with Crippen LogP contribution in [0.1, 0.15) is 20.3 Å². The number of nitrogens with one attached hydrogen (secondary N) is 1. The van der Waals surface area contributed by atoms with E-state index in [1.165, 1.54) is 10.9 Å². The second-order valence-electron chi connectivity index (χ2n) is 4.13. The molecule has 0 unspecified atom stereocenters. The lowest BCUT2D eigenvalue weighted by molar-refractivity contribution is 0.239. The first-order valence-electron chi connectivity index (χ1n) is 5.57. The number of hydrogen-bond donors (Lipinski definition) is 1. The Labute approximate surface area is 96.5 Å². The van der Waals surface area contributed by atoms with E-state index in [4.69, 9.17) is 0 Å². The van der Waals surface area contributed by atoms with E-state index in [2.05, 4.69) is 36.1 Å². The number of imidazole rings is 1. The topological polar surface area (TPSA) is 50.2 Å². The molecule has 0 saturated heterocycles. The summed E-state index contributed by atoms with van der Waals surface area (Å²) in [4.78, 5) is 17.6. The molecule has 0 fully saturated rings. The lowest BCUT2D eigenvalue weighted by atomic mass is 10.3. The average Bonchev–Trinajstić information content (AvgIpc) is 2.76. The van der Waals surface area contributed by atoms with Crippen LogP contribution in [0, 0.1) is 0 Å². The highest BCUT2D eigenvalue weighted by Gasteiger charge is 2.04. The molecule has 1 N–H and O–H groups in total. The summed E-state index contributed by atoms with van der Waals surface area (Å²) in [6, 6.07) is 0.425. The molecule has 1 rings (SSSR count). The number of hydrogen-bond acceptors (Lipinski definition) is 3. The van der Waals surface area contributed by atoms with Gasteiger partial charge in [-0.15, -0.1) is 0 Å². The maximum Gasteiger partial charge on any atom is 0.326 e. The molecule has 5 nitrogen and oxygen atoms in total. The van der Waals surface area contributed by atoms with Gasteiger partial charge in [0.2, 0.25) is 0 Å². The fourth-order valence-electron chi connectivity index (χ4n) is 1.25. The smallest absolute Gasteiger partial charge is 0.326 e. The molecule has 0 atom stereocenters. The molecule has 16 heavy (non-hydrogen) atoms. The van der Waals surface area contributed by atoms with Crippen LogP contribution in [-0.4, -0.2) is 46.7 Å². The van der Waals surface area contributed by atoms with E-state index >= 15 is 0 Å². The number of aromatic nitrogens is 2. The Morgan fingerprint density at radius 2 is 2.31 bits per heavy atom. The van der Waals surface area contributed by atoms with Crippen LogP contribution in [0.15, 0.2) is 18.7 Å². The first-order valence-corrected chi connectivity index (χ1v) is 5.57. The van der Waals surface area contributed by atoms with Gasteiger partial charge in [-0.2, -0.15) is 0 Å². The Kier molecular flexibility index (Phi) is 4.98. The van der Waals surface area contributed by atoms with E-state index in [-0.39, 0.29) is 6.03 Å². The van der Waals surface area contributed by atoms with Gasteiger partial charge >= 0.3 is 6.03 Å². The van der Waals surface area contributed by atoms with Crippen LogP contribution in [0.5, 0.6) is 0 Å². The van der Waals surface area contributed by atoms with Crippen LogP contribution in [0.4, 0.5) is 4.79 Å². The van der Waals surface area contributed by atoms with Crippen LogP contribution >= 0.6 is 0 Å². The third-order valence-corrected chi connectivity index (χ3v) is 2.58. The SMILES string of the molecule is CC(C)N(C)CCCNC(=O)n1ccnc1. The molecule has 0 aliphatic heterocycles. The van der Waals surface area contributed by atoms with Crippen LogP contribution in [0.25, 0.3) is 0 Å².